The van der Waals surface area contributed by atoms with E-state index in [4.69, 9.17) is 12.2 Å². The molecule has 3 atom stereocenters. The highest BCUT2D eigenvalue weighted by Gasteiger charge is 2.56. The van der Waals surface area contributed by atoms with Crippen LogP contribution >= 0.6 is 12.2 Å². The SMILES string of the molecule is CCNC(=S)N1CC2CC1C(C(F)(F)F)N2. The molecule has 2 aliphatic heterocycles. The first-order chi connectivity index (χ1) is 7.43. The monoisotopic (exact) mass is 253 g/mol. The van der Waals surface area contributed by atoms with E-state index in [9.17, 15) is 13.2 Å². The lowest BCUT2D eigenvalue weighted by atomic mass is 10.1. The zero-order valence-electron chi connectivity index (χ0n) is 8.84. The first-order valence-corrected chi connectivity index (χ1v) is 5.71. The van der Waals surface area contributed by atoms with Crippen LogP contribution in [0.5, 0.6) is 0 Å². The summed E-state index contributed by atoms with van der Waals surface area (Å²) in [6.45, 7) is 3.08. The second kappa shape index (κ2) is 4.03. The molecule has 92 valence electrons. The molecule has 3 unspecified atom stereocenters. The van der Waals surface area contributed by atoms with Gasteiger partial charge in [0, 0.05) is 19.1 Å². The number of likely N-dealkylation sites (tertiary alicyclic amines) is 1. The standard InChI is InChI=1S/C9H14F3N3S/c1-2-13-8(16)15-4-5-3-6(15)7(14-5)9(10,11)12/h5-7,14H,2-4H2,1H3,(H,13,16). The van der Waals surface area contributed by atoms with Gasteiger partial charge in [-0.15, -0.1) is 0 Å². The smallest absolute Gasteiger partial charge is 0.363 e. The maximum atomic E-state index is 12.7. The molecule has 0 aromatic carbocycles. The molecule has 2 aliphatic rings. The number of rotatable bonds is 1. The molecule has 2 rings (SSSR count). The molecule has 2 fully saturated rings. The van der Waals surface area contributed by atoms with Gasteiger partial charge < -0.3 is 10.2 Å². The predicted molar refractivity (Wildman–Crippen MR) is 58.2 cm³/mol. The van der Waals surface area contributed by atoms with Crippen molar-refractivity contribution < 1.29 is 13.2 Å². The highest BCUT2D eigenvalue weighted by atomic mass is 32.1. The third-order valence-electron chi connectivity index (χ3n) is 3.08. The van der Waals surface area contributed by atoms with E-state index in [1.807, 2.05) is 6.92 Å². The maximum absolute atomic E-state index is 12.7. The van der Waals surface area contributed by atoms with Crippen molar-refractivity contribution in [2.24, 2.45) is 0 Å². The third kappa shape index (κ3) is 1.98. The summed E-state index contributed by atoms with van der Waals surface area (Å²) in [7, 11) is 0. The van der Waals surface area contributed by atoms with Crippen LogP contribution in [-0.4, -0.2) is 47.4 Å². The highest BCUT2D eigenvalue weighted by molar-refractivity contribution is 7.80. The van der Waals surface area contributed by atoms with Crippen LogP contribution in [0.1, 0.15) is 13.3 Å². The fraction of sp³-hybridized carbons (Fsp3) is 0.889. The minimum atomic E-state index is -4.19. The number of hydrogen-bond donors (Lipinski definition) is 2. The van der Waals surface area contributed by atoms with Crippen LogP contribution in [0, 0.1) is 0 Å². The molecule has 0 aromatic heterocycles. The minimum absolute atomic E-state index is 0.0896. The topological polar surface area (TPSA) is 27.3 Å². The van der Waals surface area contributed by atoms with E-state index in [0.29, 0.717) is 24.6 Å². The Labute approximate surface area is 97.4 Å². The average Bonchev–Trinajstić information content (AvgIpc) is 2.75. The second-order valence-electron chi connectivity index (χ2n) is 4.17. The van der Waals surface area contributed by atoms with Gasteiger partial charge in [-0.25, -0.2) is 0 Å². The van der Waals surface area contributed by atoms with Gasteiger partial charge in [-0.05, 0) is 25.6 Å². The van der Waals surface area contributed by atoms with Crippen LogP contribution in [0.4, 0.5) is 13.2 Å². The van der Waals surface area contributed by atoms with Gasteiger partial charge in [-0.3, -0.25) is 5.32 Å². The van der Waals surface area contributed by atoms with Crippen molar-refractivity contribution in [3.8, 4) is 0 Å². The van der Waals surface area contributed by atoms with Crippen LogP contribution < -0.4 is 10.6 Å². The lowest BCUT2D eigenvalue weighted by Gasteiger charge is -2.36. The summed E-state index contributed by atoms with van der Waals surface area (Å²) in [5.41, 5.74) is 0. The number of nitrogens with zero attached hydrogens (tertiary/aromatic N) is 1. The average molecular weight is 253 g/mol. The number of piperazine rings is 1. The molecule has 0 radical (unpaired) electrons. The Morgan fingerprint density at radius 2 is 2.25 bits per heavy atom. The Morgan fingerprint density at radius 1 is 1.56 bits per heavy atom. The van der Waals surface area contributed by atoms with E-state index in [1.165, 1.54) is 0 Å². The zero-order chi connectivity index (χ0) is 11.9. The Bertz CT molecular complexity index is 294. The molecule has 0 aromatic rings. The number of alkyl halides is 3. The Kier molecular flexibility index (Phi) is 3.00. The Balaban J connectivity index is 2.07. The number of nitrogens with one attached hydrogen (secondary N) is 2. The molecule has 0 saturated carbocycles. The van der Waals surface area contributed by atoms with Crippen molar-refractivity contribution >= 4 is 17.3 Å². The number of hydrogen-bond acceptors (Lipinski definition) is 2. The summed E-state index contributed by atoms with van der Waals surface area (Å²) in [6, 6.07) is -2.08. The van der Waals surface area contributed by atoms with Crippen LogP contribution in [0.25, 0.3) is 0 Å². The summed E-state index contributed by atoms with van der Waals surface area (Å²) < 4.78 is 38.1. The molecular formula is C9H14F3N3S. The van der Waals surface area contributed by atoms with E-state index < -0.39 is 18.3 Å². The zero-order valence-corrected chi connectivity index (χ0v) is 9.66. The van der Waals surface area contributed by atoms with Gasteiger partial charge >= 0.3 is 6.18 Å². The van der Waals surface area contributed by atoms with Crippen molar-refractivity contribution in [3.05, 3.63) is 0 Å². The van der Waals surface area contributed by atoms with Gasteiger partial charge in [-0.2, -0.15) is 13.2 Å². The van der Waals surface area contributed by atoms with Gasteiger partial charge in [0.2, 0.25) is 0 Å². The first kappa shape index (κ1) is 11.9. The van der Waals surface area contributed by atoms with Crippen molar-refractivity contribution in [1.82, 2.24) is 15.5 Å². The molecular weight excluding hydrogens is 239 g/mol. The fourth-order valence-corrected chi connectivity index (χ4v) is 2.82. The molecule has 7 heteroatoms. The van der Waals surface area contributed by atoms with E-state index in [0.717, 1.165) is 0 Å². The molecule has 0 amide bonds. The molecule has 2 bridgehead atoms. The summed E-state index contributed by atoms with van der Waals surface area (Å²) in [5.74, 6) is 0. The third-order valence-corrected chi connectivity index (χ3v) is 3.46. The van der Waals surface area contributed by atoms with Gasteiger partial charge in [0.25, 0.3) is 0 Å². The normalized spacial score (nSPS) is 33.2. The van der Waals surface area contributed by atoms with Crippen molar-refractivity contribution in [2.75, 3.05) is 13.1 Å². The van der Waals surface area contributed by atoms with Gasteiger partial charge in [0.1, 0.15) is 6.04 Å². The molecule has 2 heterocycles. The molecule has 16 heavy (non-hydrogen) atoms. The van der Waals surface area contributed by atoms with E-state index in [1.54, 1.807) is 4.90 Å². The van der Waals surface area contributed by atoms with Gasteiger partial charge in [0.15, 0.2) is 5.11 Å². The summed E-state index contributed by atoms with van der Waals surface area (Å²) in [6.07, 6.45) is -3.67. The van der Waals surface area contributed by atoms with Crippen LogP contribution in [-0.2, 0) is 0 Å². The van der Waals surface area contributed by atoms with Crippen LogP contribution in [0.15, 0.2) is 0 Å². The molecule has 3 nitrogen and oxygen atoms in total. The Morgan fingerprint density at radius 3 is 2.75 bits per heavy atom. The van der Waals surface area contributed by atoms with E-state index >= 15 is 0 Å². The Hall–Kier alpha value is -0.560. The molecule has 2 saturated heterocycles. The van der Waals surface area contributed by atoms with Crippen LogP contribution in [0.2, 0.25) is 0 Å². The molecule has 0 spiro atoms. The summed E-state index contributed by atoms with van der Waals surface area (Å²) in [5, 5.41) is 5.95. The number of thiocarbonyl (C=S) groups is 1. The van der Waals surface area contributed by atoms with Crippen molar-refractivity contribution in [1.29, 1.82) is 0 Å². The van der Waals surface area contributed by atoms with Gasteiger partial charge in [-0.1, -0.05) is 0 Å². The quantitative estimate of drug-likeness (QED) is 0.678. The summed E-state index contributed by atoms with van der Waals surface area (Å²) >= 11 is 5.07. The van der Waals surface area contributed by atoms with Crippen molar-refractivity contribution in [3.63, 3.8) is 0 Å². The lowest BCUT2D eigenvalue weighted by molar-refractivity contribution is -0.164. The maximum Gasteiger partial charge on any atom is 0.405 e. The highest BCUT2D eigenvalue weighted by Crippen LogP contribution is 2.36. The lowest BCUT2D eigenvalue weighted by Crippen LogP contribution is -2.60. The van der Waals surface area contributed by atoms with E-state index in [-0.39, 0.29) is 6.04 Å². The predicted octanol–water partition coefficient (Wildman–Crippen LogP) is 0.858. The second-order valence-corrected chi connectivity index (χ2v) is 4.56. The summed E-state index contributed by atoms with van der Waals surface area (Å²) in [4.78, 5) is 1.66. The first-order valence-electron chi connectivity index (χ1n) is 5.30. The van der Waals surface area contributed by atoms with Crippen molar-refractivity contribution in [2.45, 2.75) is 37.6 Å². The molecule has 2 N–H and O–H groups in total. The largest absolute Gasteiger partial charge is 0.405 e. The minimum Gasteiger partial charge on any atom is -0.363 e. The number of fused-ring (bicyclic) bond motifs is 2. The van der Waals surface area contributed by atoms with E-state index in [2.05, 4.69) is 10.6 Å². The number of halogens is 3. The molecule has 0 aliphatic carbocycles. The van der Waals surface area contributed by atoms with Crippen LogP contribution in [0.3, 0.4) is 0 Å². The van der Waals surface area contributed by atoms with Gasteiger partial charge in [0.05, 0.1) is 6.04 Å². The fourth-order valence-electron chi connectivity index (χ4n) is 2.47.